The molecule has 0 bridgehead atoms. The van der Waals surface area contributed by atoms with Crippen molar-refractivity contribution >= 4 is 34.2 Å². The lowest BCUT2D eigenvalue weighted by atomic mass is 9.83. The standard InChI is InChI=1S/C19H24N2OS2/c1-12(2)15-11-24-19(23)21(15)18(22)16(13(3)4)17(20-5)14-9-7-6-8-10-14/h6-10,12-13,15-17H,11H2,1-4H3/t15-,16-,17+/m1/s1. The van der Waals surface area contributed by atoms with Gasteiger partial charge in [-0.2, -0.15) is 0 Å². The molecule has 0 aliphatic carbocycles. The molecular formula is C19H24N2OS2. The second kappa shape index (κ2) is 8.13. The maximum Gasteiger partial charge on any atom is 0.260 e. The second-order valence-corrected chi connectivity index (χ2v) is 8.50. The van der Waals surface area contributed by atoms with Crippen molar-refractivity contribution in [2.75, 3.05) is 5.75 Å². The maximum absolute atomic E-state index is 13.4. The molecule has 1 fully saturated rings. The minimum absolute atomic E-state index is 0.00329. The van der Waals surface area contributed by atoms with Crippen LogP contribution in [0.3, 0.4) is 0 Å². The Kier molecular flexibility index (Phi) is 6.42. The molecule has 0 radical (unpaired) electrons. The summed E-state index contributed by atoms with van der Waals surface area (Å²) in [5.74, 6) is 0.878. The van der Waals surface area contributed by atoms with Crippen molar-refractivity contribution < 1.29 is 4.79 Å². The lowest BCUT2D eigenvalue weighted by Gasteiger charge is -2.31. The van der Waals surface area contributed by atoms with Crippen LogP contribution in [0.25, 0.3) is 4.85 Å². The van der Waals surface area contributed by atoms with E-state index in [0.29, 0.717) is 10.2 Å². The Bertz CT molecular complexity index is 637. The van der Waals surface area contributed by atoms with Crippen molar-refractivity contribution in [3.8, 4) is 0 Å². The van der Waals surface area contributed by atoms with E-state index in [1.54, 1.807) is 16.7 Å². The molecule has 0 saturated carbocycles. The molecule has 1 saturated heterocycles. The highest BCUT2D eigenvalue weighted by Crippen LogP contribution is 2.37. The maximum atomic E-state index is 13.4. The third kappa shape index (κ3) is 3.81. The van der Waals surface area contributed by atoms with Gasteiger partial charge in [0.2, 0.25) is 5.91 Å². The topological polar surface area (TPSA) is 24.7 Å². The number of nitrogens with zero attached hydrogens (tertiary/aromatic N) is 2. The van der Waals surface area contributed by atoms with E-state index in [1.165, 1.54) is 0 Å². The minimum atomic E-state index is -0.472. The molecule has 2 rings (SSSR count). The summed E-state index contributed by atoms with van der Waals surface area (Å²) in [4.78, 5) is 19.0. The lowest BCUT2D eigenvalue weighted by molar-refractivity contribution is -0.135. The largest absolute Gasteiger partial charge is 0.308 e. The first-order valence-electron chi connectivity index (χ1n) is 8.29. The fourth-order valence-corrected chi connectivity index (χ4v) is 4.78. The fourth-order valence-electron chi connectivity index (χ4n) is 3.14. The molecular weight excluding hydrogens is 336 g/mol. The first-order chi connectivity index (χ1) is 11.4. The van der Waals surface area contributed by atoms with Gasteiger partial charge in [-0.1, -0.05) is 82.0 Å². The van der Waals surface area contributed by atoms with Gasteiger partial charge >= 0.3 is 0 Å². The lowest BCUT2D eigenvalue weighted by Crippen LogP contribution is -2.47. The van der Waals surface area contributed by atoms with Crippen LogP contribution in [0.15, 0.2) is 30.3 Å². The van der Waals surface area contributed by atoms with Gasteiger partial charge in [0, 0.05) is 17.4 Å². The molecule has 5 heteroatoms. The number of carbonyl (C=O) groups is 1. The highest BCUT2D eigenvalue weighted by Gasteiger charge is 2.45. The van der Waals surface area contributed by atoms with Gasteiger partial charge in [-0.05, 0) is 11.8 Å². The molecule has 0 N–H and O–H groups in total. The zero-order valence-electron chi connectivity index (χ0n) is 14.6. The van der Waals surface area contributed by atoms with Gasteiger partial charge in [-0.25, -0.2) is 6.57 Å². The van der Waals surface area contributed by atoms with E-state index in [4.69, 9.17) is 18.8 Å². The molecule has 1 aliphatic rings. The van der Waals surface area contributed by atoms with Gasteiger partial charge in [0.1, 0.15) is 10.2 Å². The molecule has 0 unspecified atom stereocenters. The molecule has 0 aromatic heterocycles. The number of hydrogen-bond acceptors (Lipinski definition) is 3. The van der Waals surface area contributed by atoms with Crippen LogP contribution in [-0.4, -0.2) is 26.9 Å². The summed E-state index contributed by atoms with van der Waals surface area (Å²) < 4.78 is 0.654. The normalized spacial score (nSPS) is 20.3. The van der Waals surface area contributed by atoms with Crippen LogP contribution >= 0.6 is 24.0 Å². The van der Waals surface area contributed by atoms with Gasteiger partial charge in [-0.3, -0.25) is 9.69 Å². The third-order valence-corrected chi connectivity index (χ3v) is 6.04. The number of carbonyl (C=O) groups excluding carboxylic acids is 1. The number of amides is 1. The summed E-state index contributed by atoms with van der Waals surface area (Å²) in [6, 6.07) is 9.28. The Morgan fingerprint density at radius 1 is 1.29 bits per heavy atom. The molecule has 1 aliphatic heterocycles. The van der Waals surface area contributed by atoms with E-state index < -0.39 is 6.04 Å². The van der Waals surface area contributed by atoms with Crippen LogP contribution in [0, 0.1) is 24.3 Å². The molecule has 3 nitrogen and oxygen atoms in total. The first kappa shape index (κ1) is 19.0. The van der Waals surface area contributed by atoms with Gasteiger partial charge in [0.15, 0.2) is 0 Å². The van der Waals surface area contributed by atoms with Crippen molar-refractivity contribution in [2.45, 2.75) is 39.8 Å². The van der Waals surface area contributed by atoms with Crippen LogP contribution in [-0.2, 0) is 4.79 Å². The van der Waals surface area contributed by atoms with Crippen LogP contribution < -0.4 is 0 Å². The van der Waals surface area contributed by atoms with E-state index in [-0.39, 0.29) is 23.8 Å². The van der Waals surface area contributed by atoms with Crippen molar-refractivity contribution in [1.29, 1.82) is 0 Å². The van der Waals surface area contributed by atoms with Crippen molar-refractivity contribution in [1.82, 2.24) is 4.90 Å². The summed E-state index contributed by atoms with van der Waals surface area (Å²) in [5.41, 5.74) is 0.901. The van der Waals surface area contributed by atoms with E-state index in [2.05, 4.69) is 18.7 Å². The number of benzene rings is 1. The molecule has 1 aromatic rings. The Morgan fingerprint density at radius 2 is 1.92 bits per heavy atom. The van der Waals surface area contributed by atoms with Gasteiger partial charge in [-0.15, -0.1) is 0 Å². The average Bonchev–Trinajstić information content (AvgIpc) is 2.94. The zero-order chi connectivity index (χ0) is 17.9. The Morgan fingerprint density at radius 3 is 2.42 bits per heavy atom. The monoisotopic (exact) mass is 360 g/mol. The number of hydrogen-bond donors (Lipinski definition) is 0. The first-order valence-corrected chi connectivity index (χ1v) is 9.69. The smallest absolute Gasteiger partial charge is 0.260 e. The fraction of sp³-hybridized carbons (Fsp3) is 0.526. The number of rotatable bonds is 5. The highest BCUT2D eigenvalue weighted by molar-refractivity contribution is 8.23. The van der Waals surface area contributed by atoms with E-state index in [1.807, 2.05) is 44.2 Å². The average molecular weight is 361 g/mol. The van der Waals surface area contributed by atoms with E-state index in [0.717, 1.165) is 11.3 Å². The summed E-state index contributed by atoms with van der Waals surface area (Å²) >= 11 is 7.02. The number of thioether (sulfide) groups is 1. The Labute approximate surface area is 154 Å². The second-order valence-electron chi connectivity index (χ2n) is 6.85. The van der Waals surface area contributed by atoms with Crippen molar-refractivity contribution in [3.05, 3.63) is 47.3 Å². The molecule has 1 amide bonds. The predicted octanol–water partition coefficient (Wildman–Crippen LogP) is 4.80. The zero-order valence-corrected chi connectivity index (χ0v) is 16.2. The van der Waals surface area contributed by atoms with Crippen molar-refractivity contribution in [3.63, 3.8) is 0 Å². The van der Waals surface area contributed by atoms with E-state index in [9.17, 15) is 4.79 Å². The summed E-state index contributed by atoms with van der Waals surface area (Å²) in [6.45, 7) is 16.0. The Hall–Kier alpha value is -1.38. The molecule has 24 heavy (non-hydrogen) atoms. The molecule has 1 aromatic carbocycles. The van der Waals surface area contributed by atoms with Crippen molar-refractivity contribution in [2.24, 2.45) is 17.8 Å². The van der Waals surface area contributed by atoms with E-state index >= 15 is 0 Å². The molecule has 1 heterocycles. The quantitative estimate of drug-likeness (QED) is 0.557. The molecule has 3 atom stereocenters. The molecule has 128 valence electrons. The highest BCUT2D eigenvalue weighted by atomic mass is 32.2. The van der Waals surface area contributed by atoms with Crippen LogP contribution in [0.1, 0.15) is 39.3 Å². The predicted molar refractivity (Wildman–Crippen MR) is 105 cm³/mol. The minimum Gasteiger partial charge on any atom is -0.308 e. The number of thiocarbonyl (C=S) groups is 1. The van der Waals surface area contributed by atoms with Crippen LogP contribution in [0.2, 0.25) is 0 Å². The summed E-state index contributed by atoms with van der Waals surface area (Å²) in [6.07, 6.45) is 0. The van der Waals surface area contributed by atoms with Gasteiger partial charge in [0.05, 0.1) is 0 Å². The summed E-state index contributed by atoms with van der Waals surface area (Å²) in [7, 11) is 0. The van der Waals surface area contributed by atoms with Crippen LogP contribution in [0.5, 0.6) is 0 Å². The Balaban J connectivity index is 2.38. The SMILES string of the molecule is [C-]#[N+][C@@H](c1ccccc1)[C@H](C(=O)N1C(=S)SC[C@@H]1C(C)C)C(C)C. The third-order valence-electron chi connectivity index (χ3n) is 4.54. The summed E-state index contributed by atoms with van der Waals surface area (Å²) in [5, 5.41) is 0. The molecule has 0 spiro atoms. The van der Waals surface area contributed by atoms with Gasteiger partial charge < -0.3 is 4.85 Å². The van der Waals surface area contributed by atoms with Crippen LogP contribution in [0.4, 0.5) is 0 Å². The van der Waals surface area contributed by atoms with Gasteiger partial charge in [0.25, 0.3) is 6.04 Å².